The van der Waals surface area contributed by atoms with Gasteiger partial charge in [-0.1, -0.05) is 35.0 Å². The predicted octanol–water partition coefficient (Wildman–Crippen LogP) is 2.68. The van der Waals surface area contributed by atoms with Crippen LogP contribution in [0.25, 0.3) is 11.0 Å². The van der Waals surface area contributed by atoms with Crippen molar-refractivity contribution < 1.29 is 33.3 Å². The van der Waals surface area contributed by atoms with E-state index >= 15 is 0 Å². The first kappa shape index (κ1) is 22.9. The number of anilines is 1. The van der Waals surface area contributed by atoms with Gasteiger partial charge in [0.2, 0.25) is 0 Å². The van der Waals surface area contributed by atoms with Gasteiger partial charge in [0.05, 0.1) is 17.2 Å². The summed E-state index contributed by atoms with van der Waals surface area (Å²) in [4.78, 5) is 8.80. The molecule has 0 aliphatic carbocycles. The number of nitrogens with zero attached hydrogens (tertiary/aromatic N) is 3. The van der Waals surface area contributed by atoms with E-state index in [1.807, 2.05) is 0 Å². The molecule has 10 nitrogen and oxygen atoms in total. The summed E-state index contributed by atoms with van der Waals surface area (Å²) in [7, 11) is -2.89. The zero-order chi connectivity index (χ0) is 23.0. The van der Waals surface area contributed by atoms with Crippen LogP contribution in [0.1, 0.15) is 24.8 Å². The smallest absolute Gasteiger partial charge is 0.387 e. The molecule has 3 aromatic rings. The summed E-state index contributed by atoms with van der Waals surface area (Å²) in [6, 6.07) is 9.14. The summed E-state index contributed by atoms with van der Waals surface area (Å²) in [6.45, 7) is 1.38. The molecule has 6 atom stereocenters. The molecule has 1 unspecified atom stereocenters. The third kappa shape index (κ3) is 4.46. The van der Waals surface area contributed by atoms with Crippen molar-refractivity contribution in [1.29, 1.82) is 0 Å². The number of rotatable bonds is 7. The molecule has 0 bridgehead atoms. The monoisotopic (exact) mass is 485 g/mol. The molecule has 2 heterocycles. The zero-order valence-corrected chi connectivity index (χ0v) is 18.3. The van der Waals surface area contributed by atoms with Crippen LogP contribution in [0, 0.1) is 5.82 Å². The van der Waals surface area contributed by atoms with Crippen LogP contribution < -0.4 is 5.32 Å². The highest BCUT2D eigenvalue weighted by Crippen LogP contribution is 2.35. The molecule has 0 spiro atoms. The summed E-state index contributed by atoms with van der Waals surface area (Å²) in [5, 5.41) is 32.4. The summed E-state index contributed by atoms with van der Waals surface area (Å²) < 4.78 is 36.4. The van der Waals surface area contributed by atoms with Gasteiger partial charge < -0.3 is 20.3 Å². The largest absolute Gasteiger partial charge is 0.694 e. The predicted molar refractivity (Wildman–Crippen MR) is 113 cm³/mol. The van der Waals surface area contributed by atoms with Gasteiger partial charge in [-0.05, 0) is 25.1 Å². The number of aromatic nitrogens is 3. The Balaban J connectivity index is 1.64. The Labute approximate surface area is 187 Å². The quantitative estimate of drug-likeness (QED) is 0.372. The van der Waals surface area contributed by atoms with E-state index in [9.17, 15) is 19.2 Å². The van der Waals surface area contributed by atoms with Crippen molar-refractivity contribution in [1.82, 2.24) is 15.0 Å². The second kappa shape index (κ2) is 9.32. The molecular weight excluding hydrogens is 466 g/mol. The van der Waals surface area contributed by atoms with Gasteiger partial charge in [0.15, 0.2) is 6.23 Å². The highest BCUT2D eigenvalue weighted by atomic mass is 35.5. The van der Waals surface area contributed by atoms with Gasteiger partial charge in [0.1, 0.15) is 36.3 Å². The molecule has 0 saturated carbocycles. The molecule has 1 aliphatic rings. The molecule has 4 N–H and O–H groups in total. The topological polar surface area (TPSA) is 139 Å². The third-order valence-electron chi connectivity index (χ3n) is 5.21. The Hall–Kier alpha value is -2.24. The van der Waals surface area contributed by atoms with Gasteiger partial charge in [-0.2, -0.15) is 0 Å². The van der Waals surface area contributed by atoms with Crippen LogP contribution in [0.5, 0.6) is 0 Å². The van der Waals surface area contributed by atoms with Gasteiger partial charge >= 0.3 is 8.25 Å². The number of nitrogens with one attached hydrogen (secondary N) is 1. The number of aliphatic hydroxyl groups is 2. The van der Waals surface area contributed by atoms with Crippen LogP contribution in [-0.2, 0) is 13.8 Å². The number of aliphatic hydroxyl groups excluding tert-OH is 2. The van der Waals surface area contributed by atoms with E-state index in [4.69, 9.17) is 21.2 Å². The fourth-order valence-corrected chi connectivity index (χ4v) is 4.13. The lowest BCUT2D eigenvalue weighted by molar-refractivity contribution is -0.0540. The van der Waals surface area contributed by atoms with E-state index in [1.54, 1.807) is 37.3 Å². The van der Waals surface area contributed by atoms with Crippen molar-refractivity contribution in [3.8, 4) is 0 Å². The van der Waals surface area contributed by atoms with E-state index in [1.165, 1.54) is 10.7 Å². The molecular formula is C19H20ClFN4O6P+. The minimum absolute atomic E-state index is 0.328. The first-order valence-electron chi connectivity index (χ1n) is 9.62. The average Bonchev–Trinajstić information content (AvgIpc) is 3.28. The lowest BCUT2D eigenvalue weighted by Crippen LogP contribution is -2.33. The van der Waals surface area contributed by atoms with Crippen molar-refractivity contribution >= 4 is 36.6 Å². The number of hydrogen-bond donors (Lipinski definition) is 4. The minimum Gasteiger partial charge on any atom is -0.387 e. The minimum atomic E-state index is -2.89. The molecule has 4 rings (SSSR count). The first-order valence-corrected chi connectivity index (χ1v) is 11.1. The molecule has 13 heteroatoms. The highest BCUT2D eigenvalue weighted by molar-refractivity contribution is 7.32. The molecule has 1 aromatic heterocycles. The number of halogens is 2. The van der Waals surface area contributed by atoms with Crippen molar-refractivity contribution in [2.45, 2.75) is 37.5 Å². The third-order valence-corrected chi connectivity index (χ3v) is 5.80. The summed E-state index contributed by atoms with van der Waals surface area (Å²) in [5.74, 6) is -0.358. The molecule has 32 heavy (non-hydrogen) atoms. The Morgan fingerprint density at radius 2 is 2.09 bits per heavy atom. The number of benzene rings is 2. The molecule has 1 saturated heterocycles. The average molecular weight is 486 g/mol. The van der Waals surface area contributed by atoms with E-state index in [0.717, 1.165) is 0 Å². The number of fused-ring (bicyclic) bond motifs is 1. The maximum absolute atomic E-state index is 14.2. The van der Waals surface area contributed by atoms with Crippen LogP contribution >= 0.6 is 19.9 Å². The van der Waals surface area contributed by atoms with Crippen LogP contribution in [0.4, 0.5) is 10.1 Å². The molecule has 2 aromatic carbocycles. The molecule has 170 valence electrons. The van der Waals surface area contributed by atoms with Gasteiger partial charge in [0, 0.05) is 15.2 Å². The lowest BCUT2D eigenvalue weighted by Gasteiger charge is -2.18. The van der Waals surface area contributed by atoms with Gasteiger partial charge in [-0.15, -0.1) is 14.5 Å². The Kier molecular flexibility index (Phi) is 6.68. The SMILES string of the molecule is C[C@H](Nc1cc(Cl)cc2c1nnn2[C@@H]1O[C@H](CO[P+](=O)O)[C@@H](O)[C@H]1O)c1ccccc1F. The van der Waals surface area contributed by atoms with Crippen LogP contribution in [0.15, 0.2) is 36.4 Å². The normalized spacial score (nSPS) is 24.6. The summed E-state index contributed by atoms with van der Waals surface area (Å²) >= 11 is 6.28. The second-order valence-corrected chi connectivity index (χ2v) is 8.49. The van der Waals surface area contributed by atoms with Crippen molar-refractivity contribution in [3.63, 3.8) is 0 Å². The van der Waals surface area contributed by atoms with Crippen LogP contribution in [0.3, 0.4) is 0 Å². The zero-order valence-electron chi connectivity index (χ0n) is 16.7. The second-order valence-electron chi connectivity index (χ2n) is 7.32. The number of ether oxygens (including phenoxy) is 1. The van der Waals surface area contributed by atoms with E-state index in [-0.39, 0.29) is 5.82 Å². The Morgan fingerprint density at radius 3 is 2.81 bits per heavy atom. The van der Waals surface area contributed by atoms with Crippen molar-refractivity contribution in [2.24, 2.45) is 0 Å². The maximum atomic E-state index is 14.2. The van der Waals surface area contributed by atoms with Crippen molar-refractivity contribution in [2.75, 3.05) is 11.9 Å². The highest BCUT2D eigenvalue weighted by Gasteiger charge is 2.46. The van der Waals surface area contributed by atoms with Crippen molar-refractivity contribution in [3.05, 3.63) is 52.8 Å². The van der Waals surface area contributed by atoms with Gasteiger partial charge in [0.25, 0.3) is 0 Å². The van der Waals surface area contributed by atoms with E-state index in [2.05, 4.69) is 20.2 Å². The number of hydrogen-bond acceptors (Lipinski definition) is 8. The Bertz CT molecular complexity index is 1150. The standard InChI is InChI=1S/C19H19ClFN4O6P/c1-9(11-4-2-3-5-12(11)21)22-13-6-10(20)7-14-16(13)23-24-25(14)19-18(27)17(26)15(31-19)8-30-32(28)29/h2-7,9,15,17-19,22,26-27H,8H2,1H3/p+1/t9-,15+,17+,18+,19+/m0/s1. The lowest BCUT2D eigenvalue weighted by atomic mass is 10.1. The fraction of sp³-hybridized carbons (Fsp3) is 0.368. The fourth-order valence-electron chi connectivity index (χ4n) is 3.65. The van der Waals surface area contributed by atoms with E-state index in [0.29, 0.717) is 27.3 Å². The molecule has 1 fully saturated rings. The van der Waals surface area contributed by atoms with Crippen LogP contribution in [0.2, 0.25) is 5.02 Å². The molecule has 1 aliphatic heterocycles. The molecule has 0 amide bonds. The summed E-state index contributed by atoms with van der Waals surface area (Å²) in [5.41, 5.74) is 1.73. The van der Waals surface area contributed by atoms with Gasteiger partial charge in [-0.3, -0.25) is 0 Å². The Morgan fingerprint density at radius 1 is 1.34 bits per heavy atom. The molecule has 0 radical (unpaired) electrons. The van der Waals surface area contributed by atoms with Crippen LogP contribution in [-0.4, -0.2) is 55.0 Å². The summed E-state index contributed by atoms with van der Waals surface area (Å²) in [6.07, 6.45) is -4.99. The first-order chi connectivity index (χ1) is 15.3. The maximum Gasteiger partial charge on any atom is 0.694 e. The van der Waals surface area contributed by atoms with Gasteiger partial charge in [-0.25, -0.2) is 9.07 Å². The van der Waals surface area contributed by atoms with E-state index < -0.39 is 45.4 Å².